The standard InChI is InChI=1S/C19H20ClN3O3/c1-26-16-7-4-13(5-8-16)19(25)23-10-2-3-14(12-23)18(24)22-17-9-6-15(20)11-21-17/h4-9,11,14H,2-3,10,12H2,1H3,(H,21,22,24). The lowest BCUT2D eigenvalue weighted by molar-refractivity contribution is -0.121. The summed E-state index contributed by atoms with van der Waals surface area (Å²) in [5, 5.41) is 3.30. The first-order chi connectivity index (χ1) is 12.6. The molecule has 7 heteroatoms. The van der Waals surface area contributed by atoms with Crippen molar-refractivity contribution in [2.24, 2.45) is 5.92 Å². The number of ether oxygens (including phenoxy) is 1. The minimum Gasteiger partial charge on any atom is -0.497 e. The van der Waals surface area contributed by atoms with Gasteiger partial charge in [0.25, 0.3) is 5.91 Å². The van der Waals surface area contributed by atoms with E-state index in [9.17, 15) is 9.59 Å². The second-order valence-electron chi connectivity index (χ2n) is 6.17. The van der Waals surface area contributed by atoms with E-state index in [1.165, 1.54) is 6.20 Å². The van der Waals surface area contributed by atoms with Crippen molar-refractivity contribution in [2.45, 2.75) is 12.8 Å². The predicted molar refractivity (Wildman–Crippen MR) is 99.5 cm³/mol. The van der Waals surface area contributed by atoms with Crippen molar-refractivity contribution >= 4 is 29.2 Å². The number of halogens is 1. The molecule has 1 fully saturated rings. The highest BCUT2D eigenvalue weighted by Gasteiger charge is 2.29. The van der Waals surface area contributed by atoms with Gasteiger partial charge in [-0.1, -0.05) is 11.6 Å². The Hall–Kier alpha value is -2.60. The number of amides is 2. The van der Waals surface area contributed by atoms with Gasteiger partial charge in [0.1, 0.15) is 11.6 Å². The van der Waals surface area contributed by atoms with Crippen LogP contribution in [0.4, 0.5) is 5.82 Å². The largest absolute Gasteiger partial charge is 0.497 e. The molecular weight excluding hydrogens is 354 g/mol. The minimum atomic E-state index is -0.261. The molecule has 2 heterocycles. The average Bonchev–Trinajstić information content (AvgIpc) is 2.69. The van der Waals surface area contributed by atoms with E-state index in [0.29, 0.717) is 35.2 Å². The second kappa shape index (κ2) is 8.19. The molecule has 1 aliphatic heterocycles. The van der Waals surface area contributed by atoms with Crippen LogP contribution in [-0.4, -0.2) is 41.9 Å². The fourth-order valence-electron chi connectivity index (χ4n) is 2.97. The molecule has 1 aromatic heterocycles. The van der Waals surface area contributed by atoms with Gasteiger partial charge in [0, 0.05) is 24.8 Å². The Kier molecular flexibility index (Phi) is 5.73. The van der Waals surface area contributed by atoms with Gasteiger partial charge in [0.15, 0.2) is 0 Å². The van der Waals surface area contributed by atoms with E-state index in [1.807, 2.05) is 0 Å². The van der Waals surface area contributed by atoms with Crippen LogP contribution in [0.2, 0.25) is 5.02 Å². The number of nitrogens with zero attached hydrogens (tertiary/aromatic N) is 2. The topological polar surface area (TPSA) is 71.5 Å². The lowest BCUT2D eigenvalue weighted by Gasteiger charge is -2.32. The Morgan fingerprint density at radius 2 is 2.00 bits per heavy atom. The molecule has 1 aromatic carbocycles. The summed E-state index contributed by atoms with van der Waals surface area (Å²) < 4.78 is 5.11. The van der Waals surface area contributed by atoms with Crippen molar-refractivity contribution in [3.8, 4) is 5.75 Å². The molecular formula is C19H20ClN3O3. The Labute approximate surface area is 157 Å². The lowest BCUT2D eigenvalue weighted by Crippen LogP contribution is -2.43. The fourth-order valence-corrected chi connectivity index (χ4v) is 3.08. The first kappa shape index (κ1) is 18.2. The number of pyridine rings is 1. The van der Waals surface area contributed by atoms with Gasteiger partial charge in [-0.2, -0.15) is 0 Å². The molecule has 1 aliphatic rings. The van der Waals surface area contributed by atoms with Crippen LogP contribution in [0.5, 0.6) is 5.75 Å². The van der Waals surface area contributed by atoms with Crippen molar-refractivity contribution in [2.75, 3.05) is 25.5 Å². The van der Waals surface area contributed by atoms with E-state index in [1.54, 1.807) is 48.4 Å². The van der Waals surface area contributed by atoms with Crippen LogP contribution in [0, 0.1) is 5.92 Å². The SMILES string of the molecule is COc1ccc(C(=O)N2CCCC(C(=O)Nc3ccc(Cl)cn3)C2)cc1. The van der Waals surface area contributed by atoms with Crippen molar-refractivity contribution in [1.82, 2.24) is 9.88 Å². The Balaban J connectivity index is 1.63. The van der Waals surface area contributed by atoms with Crippen LogP contribution in [0.1, 0.15) is 23.2 Å². The van der Waals surface area contributed by atoms with E-state index in [2.05, 4.69) is 10.3 Å². The predicted octanol–water partition coefficient (Wildman–Crippen LogP) is 3.23. The second-order valence-corrected chi connectivity index (χ2v) is 6.61. The number of aromatic nitrogens is 1. The summed E-state index contributed by atoms with van der Waals surface area (Å²) in [5.74, 6) is 0.691. The van der Waals surface area contributed by atoms with E-state index in [-0.39, 0.29) is 17.7 Å². The van der Waals surface area contributed by atoms with E-state index < -0.39 is 0 Å². The molecule has 2 aromatic rings. The summed E-state index contributed by atoms with van der Waals surface area (Å²) in [7, 11) is 1.58. The molecule has 2 amide bonds. The monoisotopic (exact) mass is 373 g/mol. The molecule has 0 aliphatic carbocycles. The summed E-state index contributed by atoms with van der Waals surface area (Å²) >= 11 is 5.80. The van der Waals surface area contributed by atoms with Gasteiger partial charge in [-0.25, -0.2) is 4.98 Å². The van der Waals surface area contributed by atoms with Gasteiger partial charge < -0.3 is 15.0 Å². The van der Waals surface area contributed by atoms with E-state index in [4.69, 9.17) is 16.3 Å². The highest BCUT2D eigenvalue weighted by atomic mass is 35.5. The number of piperidine rings is 1. The molecule has 0 bridgehead atoms. The summed E-state index contributed by atoms with van der Waals surface area (Å²) in [4.78, 5) is 31.0. The number of anilines is 1. The number of nitrogens with one attached hydrogen (secondary N) is 1. The van der Waals surface area contributed by atoms with E-state index >= 15 is 0 Å². The smallest absolute Gasteiger partial charge is 0.253 e. The summed E-state index contributed by atoms with van der Waals surface area (Å²) in [6, 6.07) is 10.3. The van der Waals surface area contributed by atoms with Crippen molar-refractivity contribution in [3.63, 3.8) is 0 Å². The summed E-state index contributed by atoms with van der Waals surface area (Å²) in [6.45, 7) is 1.04. The highest BCUT2D eigenvalue weighted by Crippen LogP contribution is 2.21. The van der Waals surface area contributed by atoms with E-state index in [0.717, 1.165) is 12.8 Å². The van der Waals surface area contributed by atoms with Gasteiger partial charge in [0.2, 0.25) is 5.91 Å². The maximum atomic E-state index is 12.7. The van der Waals surface area contributed by atoms with Crippen molar-refractivity contribution in [3.05, 3.63) is 53.2 Å². The molecule has 1 N–H and O–H groups in total. The van der Waals surface area contributed by atoms with Crippen molar-refractivity contribution < 1.29 is 14.3 Å². The maximum absolute atomic E-state index is 12.7. The number of carbonyl (C=O) groups excluding carboxylic acids is 2. The molecule has 1 saturated heterocycles. The van der Waals surface area contributed by atoms with Crippen LogP contribution < -0.4 is 10.1 Å². The number of benzene rings is 1. The average molecular weight is 374 g/mol. The Morgan fingerprint density at radius 1 is 1.23 bits per heavy atom. The zero-order valence-corrected chi connectivity index (χ0v) is 15.2. The normalized spacial score (nSPS) is 16.8. The number of rotatable bonds is 4. The first-order valence-electron chi connectivity index (χ1n) is 8.42. The van der Waals surface area contributed by atoms with Crippen LogP contribution >= 0.6 is 11.6 Å². The van der Waals surface area contributed by atoms with Crippen LogP contribution in [0.25, 0.3) is 0 Å². The molecule has 26 heavy (non-hydrogen) atoms. The van der Waals surface area contributed by atoms with Gasteiger partial charge in [0.05, 0.1) is 18.1 Å². The quantitative estimate of drug-likeness (QED) is 0.893. The Morgan fingerprint density at radius 3 is 2.65 bits per heavy atom. The van der Waals surface area contributed by atoms with Gasteiger partial charge in [-0.3, -0.25) is 9.59 Å². The fraction of sp³-hybridized carbons (Fsp3) is 0.316. The van der Waals surface area contributed by atoms with Crippen LogP contribution in [0.15, 0.2) is 42.6 Å². The number of hydrogen-bond donors (Lipinski definition) is 1. The molecule has 1 atom stereocenters. The summed E-state index contributed by atoms with van der Waals surface area (Å²) in [6.07, 6.45) is 3.01. The van der Waals surface area contributed by atoms with Crippen molar-refractivity contribution in [1.29, 1.82) is 0 Å². The lowest BCUT2D eigenvalue weighted by atomic mass is 9.96. The van der Waals surface area contributed by atoms with Crippen LogP contribution in [0.3, 0.4) is 0 Å². The Bertz CT molecular complexity index is 778. The number of methoxy groups -OCH3 is 1. The van der Waals surface area contributed by atoms with Gasteiger partial charge in [-0.15, -0.1) is 0 Å². The third kappa shape index (κ3) is 4.32. The van der Waals surface area contributed by atoms with Crippen LogP contribution in [-0.2, 0) is 4.79 Å². The maximum Gasteiger partial charge on any atom is 0.253 e. The molecule has 136 valence electrons. The molecule has 1 unspecified atom stereocenters. The van der Waals surface area contributed by atoms with Gasteiger partial charge >= 0.3 is 0 Å². The zero-order valence-electron chi connectivity index (χ0n) is 14.4. The third-order valence-electron chi connectivity index (χ3n) is 4.40. The first-order valence-corrected chi connectivity index (χ1v) is 8.80. The summed E-state index contributed by atoms with van der Waals surface area (Å²) in [5.41, 5.74) is 0.589. The third-order valence-corrected chi connectivity index (χ3v) is 4.62. The molecule has 0 spiro atoms. The number of likely N-dealkylation sites (tertiary alicyclic amines) is 1. The number of carbonyl (C=O) groups is 2. The highest BCUT2D eigenvalue weighted by molar-refractivity contribution is 6.30. The molecule has 3 rings (SSSR count). The molecule has 0 radical (unpaired) electrons. The van der Waals surface area contributed by atoms with Gasteiger partial charge in [-0.05, 0) is 49.2 Å². The minimum absolute atomic E-state index is 0.0743. The molecule has 6 nitrogen and oxygen atoms in total. The molecule has 0 saturated carbocycles. The zero-order chi connectivity index (χ0) is 18.5. The number of hydrogen-bond acceptors (Lipinski definition) is 4.